The standard InChI is InChI=1S/C10H4BrClF2N6/c11-5-1-6(13)8(14)7(12)9(5)16-3-4(2-15)10-17-19-20-18-10/h1,3,16H,(H,17,18,19,20). The van der Waals surface area contributed by atoms with Gasteiger partial charge < -0.3 is 5.32 Å². The maximum atomic E-state index is 13.4. The van der Waals surface area contributed by atoms with Gasteiger partial charge in [-0.2, -0.15) is 10.5 Å². The lowest BCUT2D eigenvalue weighted by molar-refractivity contribution is 0.509. The molecule has 6 nitrogen and oxygen atoms in total. The van der Waals surface area contributed by atoms with Crippen molar-refractivity contribution in [1.29, 1.82) is 5.26 Å². The predicted molar refractivity (Wildman–Crippen MR) is 70.5 cm³/mol. The van der Waals surface area contributed by atoms with Crippen molar-refractivity contribution in [3.8, 4) is 6.07 Å². The smallest absolute Gasteiger partial charge is 0.216 e. The number of hydrogen-bond acceptors (Lipinski definition) is 5. The van der Waals surface area contributed by atoms with Crippen LogP contribution in [0.4, 0.5) is 14.5 Å². The molecule has 1 aromatic carbocycles. The maximum Gasteiger partial charge on any atom is 0.216 e. The van der Waals surface area contributed by atoms with E-state index >= 15 is 0 Å². The Morgan fingerprint density at radius 3 is 2.90 bits per heavy atom. The van der Waals surface area contributed by atoms with Crippen molar-refractivity contribution in [3.05, 3.63) is 39.2 Å². The van der Waals surface area contributed by atoms with Gasteiger partial charge in [0.1, 0.15) is 16.7 Å². The third kappa shape index (κ3) is 2.76. The average molecular weight is 362 g/mol. The normalized spacial score (nSPS) is 11.2. The molecule has 0 saturated heterocycles. The van der Waals surface area contributed by atoms with Crippen LogP contribution < -0.4 is 5.32 Å². The molecule has 0 aliphatic rings. The summed E-state index contributed by atoms with van der Waals surface area (Å²) in [5, 5.41) is 23.8. The molecule has 2 N–H and O–H groups in total. The summed E-state index contributed by atoms with van der Waals surface area (Å²) in [4.78, 5) is 0. The fraction of sp³-hybridized carbons (Fsp3) is 0. The Morgan fingerprint density at radius 1 is 1.55 bits per heavy atom. The topological polar surface area (TPSA) is 90.3 Å². The Bertz CT molecular complexity index is 710. The van der Waals surface area contributed by atoms with Gasteiger partial charge in [0.15, 0.2) is 11.6 Å². The van der Waals surface area contributed by atoms with Gasteiger partial charge in [-0.25, -0.2) is 8.78 Å². The number of benzene rings is 1. The van der Waals surface area contributed by atoms with Gasteiger partial charge in [-0.15, -0.1) is 10.2 Å². The van der Waals surface area contributed by atoms with E-state index in [2.05, 4.69) is 41.9 Å². The van der Waals surface area contributed by atoms with Crippen LogP contribution in [0.1, 0.15) is 5.82 Å². The Kier molecular flexibility index (Phi) is 4.26. The van der Waals surface area contributed by atoms with Crippen LogP contribution in [0.3, 0.4) is 0 Å². The van der Waals surface area contributed by atoms with Crippen molar-refractivity contribution in [2.75, 3.05) is 5.32 Å². The maximum absolute atomic E-state index is 13.4. The van der Waals surface area contributed by atoms with Gasteiger partial charge in [0.25, 0.3) is 0 Å². The summed E-state index contributed by atoms with van der Waals surface area (Å²) in [6.07, 6.45) is 1.20. The molecule has 0 saturated carbocycles. The minimum atomic E-state index is -1.19. The van der Waals surface area contributed by atoms with Crippen molar-refractivity contribution in [1.82, 2.24) is 20.6 Å². The molecule has 0 aliphatic heterocycles. The summed E-state index contributed by atoms with van der Waals surface area (Å²) >= 11 is 8.72. The first-order valence-electron chi connectivity index (χ1n) is 4.98. The number of hydrogen-bond donors (Lipinski definition) is 2. The molecule has 0 aliphatic carbocycles. The summed E-state index contributed by atoms with van der Waals surface area (Å²) in [5.41, 5.74) is 0.105. The zero-order valence-corrected chi connectivity index (χ0v) is 11.8. The number of allylic oxidation sites excluding steroid dienone is 1. The minimum absolute atomic E-state index is 0.0337. The van der Waals surface area contributed by atoms with Gasteiger partial charge in [-0.05, 0) is 27.2 Å². The summed E-state index contributed by atoms with van der Waals surface area (Å²) in [7, 11) is 0. The Hall–Kier alpha value is -2.05. The Labute approximate surface area is 124 Å². The highest BCUT2D eigenvalue weighted by Crippen LogP contribution is 2.34. The van der Waals surface area contributed by atoms with Gasteiger partial charge in [0.05, 0.1) is 5.69 Å². The summed E-state index contributed by atoms with van der Waals surface area (Å²) < 4.78 is 26.6. The van der Waals surface area contributed by atoms with Crippen LogP contribution >= 0.6 is 27.5 Å². The monoisotopic (exact) mass is 360 g/mol. The van der Waals surface area contributed by atoms with Crippen LogP contribution in [-0.2, 0) is 0 Å². The molecule has 0 amide bonds. The third-order valence-electron chi connectivity index (χ3n) is 2.18. The number of tetrazole rings is 1. The molecule has 2 aromatic rings. The van der Waals surface area contributed by atoms with E-state index < -0.39 is 16.7 Å². The van der Waals surface area contributed by atoms with Gasteiger partial charge in [0, 0.05) is 10.7 Å². The SMILES string of the molecule is N#CC(=CNc1c(Br)cc(F)c(F)c1Cl)c1nn[nH]n1. The molecule has 2 rings (SSSR count). The summed E-state index contributed by atoms with van der Waals surface area (Å²) in [6.45, 7) is 0. The first-order chi connectivity index (χ1) is 9.54. The largest absolute Gasteiger partial charge is 0.358 e. The van der Waals surface area contributed by atoms with Crippen molar-refractivity contribution < 1.29 is 8.78 Å². The molecule has 0 radical (unpaired) electrons. The molecular weight excluding hydrogens is 358 g/mol. The molecule has 10 heteroatoms. The van der Waals surface area contributed by atoms with Crippen LogP contribution in [0.25, 0.3) is 5.57 Å². The van der Waals surface area contributed by atoms with E-state index in [0.29, 0.717) is 0 Å². The van der Waals surface area contributed by atoms with Crippen LogP contribution in [0.5, 0.6) is 0 Å². The lowest BCUT2D eigenvalue weighted by Gasteiger charge is -2.08. The molecule has 0 bridgehead atoms. The average Bonchev–Trinajstić information content (AvgIpc) is 2.94. The molecule has 0 atom stereocenters. The zero-order valence-electron chi connectivity index (χ0n) is 9.46. The Morgan fingerprint density at radius 2 is 2.30 bits per heavy atom. The van der Waals surface area contributed by atoms with Gasteiger partial charge in [-0.3, -0.25) is 0 Å². The lowest BCUT2D eigenvalue weighted by Crippen LogP contribution is -1.98. The highest BCUT2D eigenvalue weighted by molar-refractivity contribution is 9.10. The second-order valence-corrected chi connectivity index (χ2v) is 4.63. The third-order valence-corrected chi connectivity index (χ3v) is 3.16. The Balaban J connectivity index is 2.36. The first-order valence-corrected chi connectivity index (χ1v) is 6.15. The number of anilines is 1. The van der Waals surface area contributed by atoms with E-state index in [1.807, 2.05) is 6.07 Å². The van der Waals surface area contributed by atoms with Gasteiger partial charge in [-0.1, -0.05) is 11.6 Å². The lowest BCUT2D eigenvalue weighted by atomic mass is 10.2. The number of H-pyrrole nitrogens is 1. The number of nitriles is 1. The van der Waals surface area contributed by atoms with Crippen molar-refractivity contribution in [2.45, 2.75) is 0 Å². The molecule has 0 fully saturated rings. The number of halogens is 4. The number of nitrogens with zero attached hydrogens (tertiary/aromatic N) is 4. The number of aromatic nitrogens is 4. The second kappa shape index (κ2) is 5.94. The second-order valence-electron chi connectivity index (χ2n) is 3.39. The first kappa shape index (κ1) is 14.4. The van der Waals surface area contributed by atoms with E-state index in [9.17, 15) is 8.78 Å². The quantitative estimate of drug-likeness (QED) is 0.498. The molecule has 0 unspecified atom stereocenters. The molecule has 20 heavy (non-hydrogen) atoms. The minimum Gasteiger partial charge on any atom is -0.358 e. The zero-order chi connectivity index (χ0) is 14.7. The van der Waals surface area contributed by atoms with E-state index in [1.165, 1.54) is 6.20 Å². The van der Waals surface area contributed by atoms with Crippen molar-refractivity contribution >= 4 is 38.8 Å². The van der Waals surface area contributed by atoms with Crippen LogP contribution in [0.15, 0.2) is 16.7 Å². The fourth-order valence-electron chi connectivity index (χ4n) is 1.27. The van der Waals surface area contributed by atoms with E-state index in [0.717, 1.165) is 6.07 Å². The molecular formula is C10H4BrClF2N6. The van der Waals surface area contributed by atoms with Crippen LogP contribution in [0.2, 0.25) is 5.02 Å². The summed E-state index contributed by atoms with van der Waals surface area (Å²) in [5.74, 6) is -2.23. The number of rotatable bonds is 3. The van der Waals surface area contributed by atoms with Crippen molar-refractivity contribution in [2.24, 2.45) is 0 Å². The highest BCUT2D eigenvalue weighted by atomic mass is 79.9. The predicted octanol–water partition coefficient (Wildman–Crippen LogP) is 2.87. The molecule has 1 aromatic heterocycles. The molecule has 0 spiro atoms. The van der Waals surface area contributed by atoms with Crippen LogP contribution in [0, 0.1) is 23.0 Å². The number of aromatic amines is 1. The fourth-order valence-corrected chi connectivity index (χ4v) is 2.14. The highest BCUT2D eigenvalue weighted by Gasteiger charge is 2.15. The van der Waals surface area contributed by atoms with Crippen LogP contribution in [-0.4, -0.2) is 20.6 Å². The summed E-state index contributed by atoms with van der Waals surface area (Å²) in [6, 6.07) is 2.74. The van der Waals surface area contributed by atoms with E-state index in [1.54, 1.807) is 0 Å². The van der Waals surface area contributed by atoms with E-state index in [-0.39, 0.29) is 21.6 Å². The molecule has 102 valence electrons. The van der Waals surface area contributed by atoms with Gasteiger partial charge >= 0.3 is 0 Å². The van der Waals surface area contributed by atoms with Crippen molar-refractivity contribution in [3.63, 3.8) is 0 Å². The number of nitrogens with one attached hydrogen (secondary N) is 2. The molecule has 1 heterocycles. The van der Waals surface area contributed by atoms with E-state index in [4.69, 9.17) is 16.9 Å². The van der Waals surface area contributed by atoms with Gasteiger partial charge in [0.2, 0.25) is 5.82 Å².